The molecule has 1 aromatic carbocycles. The maximum absolute atomic E-state index is 11.8. The summed E-state index contributed by atoms with van der Waals surface area (Å²) >= 11 is 5.88. The quantitative estimate of drug-likeness (QED) is 0.810. The molecule has 0 saturated carbocycles. The first-order chi connectivity index (χ1) is 9.11. The van der Waals surface area contributed by atoms with E-state index in [1.165, 1.54) is 4.90 Å². The number of carbonyl (C=O) groups is 2. The molecule has 3 amide bonds. The predicted octanol–water partition coefficient (Wildman–Crippen LogP) is 0.988. The van der Waals surface area contributed by atoms with Crippen molar-refractivity contribution < 1.29 is 9.59 Å². The number of terminal acetylenes is 1. The molecule has 1 aliphatic rings. The molecule has 1 fully saturated rings. The highest BCUT2D eigenvalue weighted by Gasteiger charge is 2.34. The van der Waals surface area contributed by atoms with E-state index in [1.807, 2.05) is 0 Å². The Morgan fingerprint density at radius 3 is 3.11 bits per heavy atom. The standard InChI is InChI=1S/C13H12ClN3O2/c1-2-6-15-12(18)11-8-17(13(19)16-11)10-5-3-4-9(14)7-10/h1,3-5,7,11H,6,8H2,(H,15,18)(H,16,19). The smallest absolute Gasteiger partial charge is 0.322 e. The summed E-state index contributed by atoms with van der Waals surface area (Å²) in [7, 11) is 0. The van der Waals surface area contributed by atoms with Gasteiger partial charge in [-0.25, -0.2) is 4.79 Å². The van der Waals surface area contributed by atoms with Gasteiger partial charge in [-0.3, -0.25) is 9.69 Å². The van der Waals surface area contributed by atoms with E-state index in [1.54, 1.807) is 24.3 Å². The van der Waals surface area contributed by atoms with Crippen LogP contribution in [0.5, 0.6) is 0 Å². The molecule has 1 atom stereocenters. The zero-order valence-electron chi connectivity index (χ0n) is 10.0. The van der Waals surface area contributed by atoms with Crippen LogP contribution in [0.25, 0.3) is 0 Å². The first-order valence-electron chi connectivity index (χ1n) is 5.66. The Bertz CT molecular complexity index is 553. The van der Waals surface area contributed by atoms with Gasteiger partial charge in [0.15, 0.2) is 0 Å². The van der Waals surface area contributed by atoms with Gasteiger partial charge in [-0.05, 0) is 18.2 Å². The fourth-order valence-electron chi connectivity index (χ4n) is 1.81. The Morgan fingerprint density at radius 1 is 1.63 bits per heavy atom. The molecule has 1 aromatic rings. The summed E-state index contributed by atoms with van der Waals surface area (Å²) in [6.07, 6.45) is 5.06. The Kier molecular flexibility index (Phi) is 3.93. The summed E-state index contributed by atoms with van der Waals surface area (Å²) in [4.78, 5) is 25.0. The van der Waals surface area contributed by atoms with Crippen LogP contribution >= 0.6 is 11.6 Å². The summed E-state index contributed by atoms with van der Waals surface area (Å²) in [6, 6.07) is 5.95. The van der Waals surface area contributed by atoms with Gasteiger partial charge in [0.1, 0.15) is 6.04 Å². The molecule has 6 heteroatoms. The van der Waals surface area contributed by atoms with E-state index in [0.717, 1.165) is 0 Å². The van der Waals surface area contributed by atoms with Crippen LogP contribution in [0, 0.1) is 12.3 Å². The maximum Gasteiger partial charge on any atom is 0.322 e. The fourth-order valence-corrected chi connectivity index (χ4v) is 2.00. The van der Waals surface area contributed by atoms with Crippen LogP contribution < -0.4 is 15.5 Å². The number of hydrogen-bond donors (Lipinski definition) is 2. The van der Waals surface area contributed by atoms with Crippen LogP contribution in [0.3, 0.4) is 0 Å². The molecule has 0 radical (unpaired) electrons. The molecular formula is C13H12ClN3O2. The monoisotopic (exact) mass is 277 g/mol. The lowest BCUT2D eigenvalue weighted by Crippen LogP contribution is -2.42. The molecule has 98 valence electrons. The van der Waals surface area contributed by atoms with Crippen molar-refractivity contribution in [3.63, 3.8) is 0 Å². The Hall–Kier alpha value is -2.19. The largest absolute Gasteiger partial charge is 0.343 e. The van der Waals surface area contributed by atoms with Crippen molar-refractivity contribution in [3.8, 4) is 12.3 Å². The number of amides is 3. The third kappa shape index (κ3) is 2.98. The third-order valence-corrected chi connectivity index (χ3v) is 2.94. The molecule has 0 aromatic heterocycles. The molecule has 2 N–H and O–H groups in total. The van der Waals surface area contributed by atoms with Crippen molar-refractivity contribution >= 4 is 29.2 Å². The van der Waals surface area contributed by atoms with E-state index in [2.05, 4.69) is 16.6 Å². The van der Waals surface area contributed by atoms with Crippen LogP contribution in [0.4, 0.5) is 10.5 Å². The molecule has 1 unspecified atom stereocenters. The van der Waals surface area contributed by atoms with Gasteiger partial charge < -0.3 is 10.6 Å². The topological polar surface area (TPSA) is 61.4 Å². The van der Waals surface area contributed by atoms with Gasteiger partial charge >= 0.3 is 6.03 Å². The molecule has 0 spiro atoms. The highest BCUT2D eigenvalue weighted by Crippen LogP contribution is 2.22. The summed E-state index contributed by atoms with van der Waals surface area (Å²) < 4.78 is 0. The lowest BCUT2D eigenvalue weighted by Gasteiger charge is -2.14. The summed E-state index contributed by atoms with van der Waals surface area (Å²) in [5, 5.41) is 5.66. The normalized spacial score (nSPS) is 17.8. The van der Waals surface area contributed by atoms with Gasteiger partial charge in [0.25, 0.3) is 0 Å². The van der Waals surface area contributed by atoms with Crippen molar-refractivity contribution in [1.29, 1.82) is 0 Å². The van der Waals surface area contributed by atoms with Crippen LogP contribution in [0.1, 0.15) is 0 Å². The van der Waals surface area contributed by atoms with Gasteiger partial charge in [-0.2, -0.15) is 0 Å². The average Bonchev–Trinajstić information content (AvgIpc) is 2.78. The molecule has 5 nitrogen and oxygen atoms in total. The van der Waals surface area contributed by atoms with Crippen molar-refractivity contribution in [3.05, 3.63) is 29.3 Å². The Balaban J connectivity index is 2.08. The minimum Gasteiger partial charge on any atom is -0.343 e. The number of urea groups is 1. The zero-order chi connectivity index (χ0) is 13.8. The zero-order valence-corrected chi connectivity index (χ0v) is 10.8. The maximum atomic E-state index is 11.8. The van der Waals surface area contributed by atoms with Crippen molar-refractivity contribution in [2.45, 2.75) is 6.04 Å². The average molecular weight is 278 g/mol. The number of nitrogens with zero attached hydrogens (tertiary/aromatic N) is 1. The molecule has 1 saturated heterocycles. The second-order valence-electron chi connectivity index (χ2n) is 4.01. The molecule has 0 bridgehead atoms. The fraction of sp³-hybridized carbons (Fsp3) is 0.231. The first-order valence-corrected chi connectivity index (χ1v) is 6.04. The lowest BCUT2D eigenvalue weighted by atomic mass is 10.2. The highest BCUT2D eigenvalue weighted by atomic mass is 35.5. The highest BCUT2D eigenvalue weighted by molar-refractivity contribution is 6.30. The van der Waals surface area contributed by atoms with E-state index < -0.39 is 6.04 Å². The minimum atomic E-state index is -0.611. The summed E-state index contributed by atoms with van der Waals surface area (Å²) in [5.74, 6) is 2.01. The Morgan fingerprint density at radius 2 is 2.42 bits per heavy atom. The van der Waals surface area contributed by atoms with Crippen LogP contribution in [-0.4, -0.2) is 31.1 Å². The van der Waals surface area contributed by atoms with Crippen LogP contribution in [-0.2, 0) is 4.79 Å². The Labute approximate surface area is 115 Å². The number of benzene rings is 1. The number of hydrogen-bond acceptors (Lipinski definition) is 2. The van der Waals surface area contributed by atoms with Crippen LogP contribution in [0.15, 0.2) is 24.3 Å². The number of halogens is 1. The van der Waals surface area contributed by atoms with Gasteiger partial charge in [0.2, 0.25) is 5.91 Å². The first kappa shape index (κ1) is 13.2. The number of carbonyl (C=O) groups excluding carboxylic acids is 2. The number of anilines is 1. The number of rotatable bonds is 3. The minimum absolute atomic E-state index is 0.141. The van der Waals surface area contributed by atoms with Crippen molar-refractivity contribution in [1.82, 2.24) is 10.6 Å². The van der Waals surface area contributed by atoms with E-state index >= 15 is 0 Å². The second kappa shape index (κ2) is 5.63. The molecule has 1 heterocycles. The summed E-state index contributed by atoms with van der Waals surface area (Å²) in [6.45, 7) is 0.387. The lowest BCUT2D eigenvalue weighted by molar-refractivity contribution is -0.122. The SMILES string of the molecule is C#CCNC(=O)C1CN(c2cccc(Cl)c2)C(=O)N1. The second-order valence-corrected chi connectivity index (χ2v) is 4.45. The molecule has 19 heavy (non-hydrogen) atoms. The molecule has 2 rings (SSSR count). The van der Waals surface area contributed by atoms with Gasteiger partial charge in [-0.15, -0.1) is 6.42 Å². The third-order valence-electron chi connectivity index (χ3n) is 2.71. The molecular weight excluding hydrogens is 266 g/mol. The van der Waals surface area contributed by atoms with Gasteiger partial charge in [0, 0.05) is 10.7 Å². The molecule has 0 aliphatic carbocycles. The van der Waals surface area contributed by atoms with Gasteiger partial charge in [0.05, 0.1) is 13.1 Å². The van der Waals surface area contributed by atoms with E-state index in [0.29, 0.717) is 10.7 Å². The van der Waals surface area contributed by atoms with Crippen molar-refractivity contribution in [2.75, 3.05) is 18.0 Å². The van der Waals surface area contributed by atoms with E-state index in [4.69, 9.17) is 18.0 Å². The van der Waals surface area contributed by atoms with Crippen LogP contribution in [0.2, 0.25) is 5.02 Å². The van der Waals surface area contributed by atoms with E-state index in [9.17, 15) is 9.59 Å². The number of nitrogens with one attached hydrogen (secondary N) is 2. The van der Waals surface area contributed by atoms with Gasteiger partial charge in [-0.1, -0.05) is 23.6 Å². The summed E-state index contributed by atoms with van der Waals surface area (Å²) in [5.41, 5.74) is 0.650. The van der Waals surface area contributed by atoms with E-state index in [-0.39, 0.29) is 25.0 Å². The predicted molar refractivity (Wildman–Crippen MR) is 73.0 cm³/mol. The van der Waals surface area contributed by atoms with Crippen molar-refractivity contribution in [2.24, 2.45) is 0 Å². The molecule has 1 aliphatic heterocycles.